The Morgan fingerprint density at radius 1 is 1.53 bits per heavy atom. The molecule has 0 bridgehead atoms. The van der Waals surface area contributed by atoms with Gasteiger partial charge in [0.1, 0.15) is 5.78 Å². The van der Waals surface area contributed by atoms with Gasteiger partial charge in [0.2, 0.25) is 0 Å². The van der Waals surface area contributed by atoms with Crippen LogP contribution in [0.2, 0.25) is 0 Å². The number of Topliss-reactive ketones (excluding diaryl/α,β-unsaturated/α-hetero) is 1. The largest absolute Gasteiger partial charge is 0.299 e. The topological polar surface area (TPSA) is 17.1 Å². The van der Waals surface area contributed by atoms with Crippen LogP contribution in [0.1, 0.15) is 52.4 Å². The zero-order chi connectivity index (χ0) is 11.1. The van der Waals surface area contributed by atoms with Crippen LogP contribution in [0, 0.1) is 17.3 Å². The van der Waals surface area contributed by atoms with Gasteiger partial charge in [0.25, 0.3) is 0 Å². The molecule has 2 saturated carbocycles. The molecule has 0 spiro atoms. The van der Waals surface area contributed by atoms with Crippen LogP contribution in [0.25, 0.3) is 0 Å². The van der Waals surface area contributed by atoms with Gasteiger partial charge in [0, 0.05) is 12.3 Å². The lowest BCUT2D eigenvalue weighted by atomic mass is 9.63. The van der Waals surface area contributed by atoms with Gasteiger partial charge in [-0.2, -0.15) is 0 Å². The molecule has 0 amide bonds. The molecule has 0 radical (unpaired) electrons. The van der Waals surface area contributed by atoms with E-state index in [0.717, 1.165) is 25.7 Å². The smallest absolute Gasteiger partial charge is 0.136 e. The summed E-state index contributed by atoms with van der Waals surface area (Å²) in [7, 11) is 0. The van der Waals surface area contributed by atoms with Crippen molar-refractivity contribution in [1.29, 1.82) is 0 Å². The molecular weight excluding hydrogens is 184 g/mol. The van der Waals surface area contributed by atoms with Gasteiger partial charge in [0.05, 0.1) is 0 Å². The van der Waals surface area contributed by atoms with Gasteiger partial charge < -0.3 is 0 Å². The lowest BCUT2D eigenvalue weighted by molar-refractivity contribution is -0.129. The third-order valence-corrected chi connectivity index (χ3v) is 4.81. The molecule has 0 saturated heterocycles. The van der Waals surface area contributed by atoms with Crippen LogP contribution in [-0.2, 0) is 4.79 Å². The summed E-state index contributed by atoms with van der Waals surface area (Å²) >= 11 is 0. The first-order valence-corrected chi connectivity index (χ1v) is 6.30. The van der Waals surface area contributed by atoms with Gasteiger partial charge in [0.15, 0.2) is 0 Å². The highest BCUT2D eigenvalue weighted by atomic mass is 16.1. The van der Waals surface area contributed by atoms with E-state index in [1.165, 1.54) is 18.4 Å². The van der Waals surface area contributed by atoms with Gasteiger partial charge in [-0.25, -0.2) is 0 Å². The maximum absolute atomic E-state index is 11.9. The van der Waals surface area contributed by atoms with Crippen molar-refractivity contribution in [2.45, 2.75) is 52.4 Å². The maximum atomic E-state index is 11.9. The van der Waals surface area contributed by atoms with E-state index in [2.05, 4.69) is 20.4 Å². The number of allylic oxidation sites excluding steroid dienone is 1. The van der Waals surface area contributed by atoms with E-state index in [1.807, 2.05) is 0 Å². The highest BCUT2D eigenvalue weighted by Gasteiger charge is 2.51. The van der Waals surface area contributed by atoms with Crippen molar-refractivity contribution in [2.75, 3.05) is 0 Å². The summed E-state index contributed by atoms with van der Waals surface area (Å²) in [5.41, 5.74) is 1.62. The van der Waals surface area contributed by atoms with Crippen molar-refractivity contribution in [2.24, 2.45) is 17.3 Å². The Hall–Kier alpha value is -0.590. The molecule has 0 N–H and O–H groups in total. The maximum Gasteiger partial charge on any atom is 0.136 e. The molecule has 0 aromatic heterocycles. The first kappa shape index (κ1) is 10.9. The van der Waals surface area contributed by atoms with Crippen molar-refractivity contribution in [1.82, 2.24) is 0 Å². The minimum atomic E-state index is 0.252. The fourth-order valence-electron chi connectivity index (χ4n) is 3.85. The van der Waals surface area contributed by atoms with Crippen LogP contribution >= 0.6 is 0 Å². The number of carbonyl (C=O) groups excluding carboxylic acids is 1. The molecule has 0 heterocycles. The molecule has 1 heteroatoms. The Balaban J connectivity index is 2.25. The van der Waals surface area contributed by atoms with Crippen LogP contribution in [0.4, 0.5) is 0 Å². The molecule has 2 fully saturated rings. The van der Waals surface area contributed by atoms with Crippen LogP contribution in [0.15, 0.2) is 12.2 Å². The Morgan fingerprint density at radius 2 is 2.27 bits per heavy atom. The highest BCUT2D eigenvalue weighted by Crippen LogP contribution is 2.56. The molecule has 2 rings (SSSR count). The van der Waals surface area contributed by atoms with Gasteiger partial charge in [-0.1, -0.05) is 26.0 Å². The molecule has 3 unspecified atom stereocenters. The standard InChI is InChI=1S/C14H22O/c1-4-10(2)11-7-8-12-13(15)6-5-9-14(11,12)3/h11-12H,2,4-9H2,1,3H3. The first-order chi connectivity index (χ1) is 7.09. The van der Waals surface area contributed by atoms with Crippen LogP contribution in [-0.4, -0.2) is 5.78 Å². The summed E-state index contributed by atoms with van der Waals surface area (Å²) in [6.45, 7) is 8.72. The van der Waals surface area contributed by atoms with E-state index >= 15 is 0 Å². The lowest BCUT2D eigenvalue weighted by Gasteiger charge is -2.40. The molecule has 1 nitrogen and oxygen atoms in total. The Morgan fingerprint density at radius 3 is 2.93 bits per heavy atom. The molecular formula is C14H22O. The molecule has 84 valence electrons. The third kappa shape index (κ3) is 1.56. The first-order valence-electron chi connectivity index (χ1n) is 6.30. The van der Waals surface area contributed by atoms with E-state index < -0.39 is 0 Å². The summed E-state index contributed by atoms with van der Waals surface area (Å²) in [4.78, 5) is 11.9. The minimum absolute atomic E-state index is 0.252. The Labute approximate surface area is 92.9 Å². The zero-order valence-corrected chi connectivity index (χ0v) is 10.0. The predicted molar refractivity (Wildman–Crippen MR) is 62.6 cm³/mol. The fourth-order valence-corrected chi connectivity index (χ4v) is 3.85. The zero-order valence-electron chi connectivity index (χ0n) is 10.0. The predicted octanol–water partition coefficient (Wildman–Crippen LogP) is 3.74. The van der Waals surface area contributed by atoms with Crippen LogP contribution in [0.5, 0.6) is 0 Å². The minimum Gasteiger partial charge on any atom is -0.299 e. The quantitative estimate of drug-likeness (QED) is 0.629. The molecule has 2 aliphatic rings. The van der Waals surface area contributed by atoms with Gasteiger partial charge >= 0.3 is 0 Å². The summed E-state index contributed by atoms with van der Waals surface area (Å²) in [6, 6.07) is 0. The van der Waals surface area contributed by atoms with Gasteiger partial charge in [-0.3, -0.25) is 4.79 Å². The van der Waals surface area contributed by atoms with Crippen molar-refractivity contribution in [3.8, 4) is 0 Å². The third-order valence-electron chi connectivity index (χ3n) is 4.81. The summed E-state index contributed by atoms with van der Waals surface area (Å²) in [5.74, 6) is 1.48. The second-order valence-electron chi connectivity index (χ2n) is 5.52. The molecule has 3 atom stereocenters. The van der Waals surface area contributed by atoms with Crippen molar-refractivity contribution in [3.05, 3.63) is 12.2 Å². The van der Waals surface area contributed by atoms with Gasteiger partial charge in [-0.15, -0.1) is 0 Å². The molecule has 0 aromatic rings. The van der Waals surface area contributed by atoms with E-state index in [4.69, 9.17) is 0 Å². The number of ketones is 1. The van der Waals surface area contributed by atoms with Gasteiger partial charge in [-0.05, 0) is 43.4 Å². The molecule has 0 aromatic carbocycles. The number of hydrogen-bond donors (Lipinski definition) is 0. The second kappa shape index (κ2) is 3.77. The van der Waals surface area contributed by atoms with Crippen LogP contribution < -0.4 is 0 Å². The highest BCUT2D eigenvalue weighted by molar-refractivity contribution is 5.83. The monoisotopic (exact) mass is 206 g/mol. The number of carbonyl (C=O) groups is 1. The van der Waals surface area contributed by atoms with E-state index in [0.29, 0.717) is 17.6 Å². The van der Waals surface area contributed by atoms with Crippen molar-refractivity contribution < 1.29 is 4.79 Å². The number of rotatable bonds is 2. The average molecular weight is 206 g/mol. The average Bonchev–Trinajstić information content (AvgIpc) is 2.56. The summed E-state index contributed by atoms with van der Waals surface area (Å²) in [6.07, 6.45) is 6.53. The molecule has 15 heavy (non-hydrogen) atoms. The SMILES string of the molecule is C=C(CC)C1CCC2C(=O)CCCC12C. The van der Waals surface area contributed by atoms with E-state index in [9.17, 15) is 4.79 Å². The summed E-state index contributed by atoms with van der Waals surface area (Å²) in [5, 5.41) is 0. The lowest BCUT2D eigenvalue weighted by Crippen LogP contribution is -2.37. The van der Waals surface area contributed by atoms with Crippen molar-refractivity contribution >= 4 is 5.78 Å². The van der Waals surface area contributed by atoms with Crippen LogP contribution in [0.3, 0.4) is 0 Å². The Kier molecular flexibility index (Phi) is 2.74. The van der Waals surface area contributed by atoms with Crippen molar-refractivity contribution in [3.63, 3.8) is 0 Å². The van der Waals surface area contributed by atoms with E-state index in [1.54, 1.807) is 0 Å². The number of hydrogen-bond acceptors (Lipinski definition) is 1. The fraction of sp³-hybridized carbons (Fsp3) is 0.786. The number of fused-ring (bicyclic) bond motifs is 1. The summed E-state index contributed by atoms with van der Waals surface area (Å²) < 4.78 is 0. The normalized spacial score (nSPS) is 40.3. The van der Waals surface area contributed by atoms with E-state index in [-0.39, 0.29) is 5.41 Å². The second-order valence-corrected chi connectivity index (χ2v) is 5.52. The molecule has 0 aliphatic heterocycles. The molecule has 2 aliphatic carbocycles. The Bertz CT molecular complexity index is 292.